The highest BCUT2D eigenvalue weighted by atomic mass is 32.2. The molecule has 0 fully saturated rings. The van der Waals surface area contributed by atoms with E-state index in [4.69, 9.17) is 9.15 Å². The largest absolute Gasteiger partial charge is 0.488 e. The topological polar surface area (TPSA) is 34.4 Å². The Bertz CT molecular complexity index is 537. The molecule has 0 unspecified atom stereocenters. The summed E-state index contributed by atoms with van der Waals surface area (Å²) < 4.78 is 11.5. The number of ether oxygens (including phenoxy) is 1. The Labute approximate surface area is 118 Å². The van der Waals surface area contributed by atoms with E-state index in [0.29, 0.717) is 6.61 Å². The zero-order valence-corrected chi connectivity index (χ0v) is 12.3. The number of nitrogens with one attached hydrogen (secondary N) is 1. The fraction of sp³-hybridized carbons (Fsp3) is 0.333. The Hall–Kier alpha value is -1.39. The lowest BCUT2D eigenvalue weighted by molar-refractivity contribution is 0.296. The molecule has 0 radical (unpaired) electrons. The number of rotatable bonds is 6. The summed E-state index contributed by atoms with van der Waals surface area (Å²) in [7, 11) is 1.91. The summed E-state index contributed by atoms with van der Waals surface area (Å²) in [4.78, 5) is 1.15. The minimum Gasteiger partial charge on any atom is -0.488 e. The van der Waals surface area contributed by atoms with Gasteiger partial charge in [0.15, 0.2) is 0 Å². The van der Waals surface area contributed by atoms with Crippen LogP contribution < -0.4 is 10.1 Å². The average Bonchev–Trinajstić information content (AvgIpc) is 2.77. The van der Waals surface area contributed by atoms with Crippen molar-refractivity contribution >= 4 is 11.8 Å². The van der Waals surface area contributed by atoms with Crippen LogP contribution in [0.5, 0.6) is 5.75 Å². The van der Waals surface area contributed by atoms with Crippen LogP contribution in [-0.4, -0.2) is 13.3 Å². The van der Waals surface area contributed by atoms with Crippen molar-refractivity contribution in [2.45, 2.75) is 25.0 Å². The van der Waals surface area contributed by atoms with Gasteiger partial charge < -0.3 is 14.5 Å². The van der Waals surface area contributed by atoms with Crippen LogP contribution in [0.15, 0.2) is 39.6 Å². The first-order chi connectivity index (χ1) is 9.24. The van der Waals surface area contributed by atoms with Crippen LogP contribution >= 0.6 is 11.8 Å². The molecule has 0 aliphatic carbocycles. The predicted molar refractivity (Wildman–Crippen MR) is 78.8 cm³/mol. The van der Waals surface area contributed by atoms with Gasteiger partial charge in [-0.1, -0.05) is 12.1 Å². The number of furan rings is 1. The molecule has 1 aromatic heterocycles. The summed E-state index contributed by atoms with van der Waals surface area (Å²) in [5.74, 6) is 2.79. The minimum atomic E-state index is 0.538. The number of benzene rings is 1. The van der Waals surface area contributed by atoms with E-state index in [1.807, 2.05) is 38.2 Å². The highest BCUT2D eigenvalue weighted by Crippen LogP contribution is 2.28. The van der Waals surface area contributed by atoms with Crippen LogP contribution in [0.25, 0.3) is 0 Å². The fourth-order valence-electron chi connectivity index (χ4n) is 1.89. The van der Waals surface area contributed by atoms with Gasteiger partial charge in [-0.05, 0) is 38.4 Å². The molecular weight excluding hydrogens is 258 g/mol. The summed E-state index contributed by atoms with van der Waals surface area (Å²) in [6.45, 7) is 3.25. The van der Waals surface area contributed by atoms with E-state index in [-0.39, 0.29) is 0 Å². The molecule has 2 aromatic rings. The summed E-state index contributed by atoms with van der Waals surface area (Å²) in [6, 6.07) is 10.1. The normalized spacial score (nSPS) is 10.7. The number of hydrogen-bond acceptors (Lipinski definition) is 4. The summed E-state index contributed by atoms with van der Waals surface area (Å²) >= 11 is 1.69. The van der Waals surface area contributed by atoms with E-state index in [1.54, 1.807) is 11.8 Å². The Morgan fingerprint density at radius 1 is 1.32 bits per heavy atom. The van der Waals surface area contributed by atoms with Gasteiger partial charge in [0.1, 0.15) is 23.9 Å². The Kier molecular flexibility index (Phi) is 4.93. The molecular formula is C15H19NO2S. The third-order valence-corrected chi connectivity index (χ3v) is 3.65. The minimum absolute atomic E-state index is 0.538. The standard InChI is InChI=1S/C15H19NO2S/c1-11-12(8-13(18-11)9-16-2)10-17-14-6-4-5-7-15(14)19-3/h4-8,16H,9-10H2,1-3H3. The van der Waals surface area contributed by atoms with Gasteiger partial charge in [-0.3, -0.25) is 0 Å². The molecule has 0 saturated carbocycles. The molecule has 0 atom stereocenters. The molecule has 0 saturated heterocycles. The molecule has 0 aliphatic rings. The lowest BCUT2D eigenvalue weighted by Gasteiger charge is -2.08. The third kappa shape index (κ3) is 3.55. The first-order valence-electron chi connectivity index (χ1n) is 6.23. The maximum atomic E-state index is 5.89. The molecule has 1 N–H and O–H groups in total. The summed E-state index contributed by atoms with van der Waals surface area (Å²) in [6.07, 6.45) is 2.05. The van der Waals surface area contributed by atoms with Crippen LogP contribution in [0.3, 0.4) is 0 Å². The lowest BCUT2D eigenvalue weighted by Crippen LogP contribution is -2.03. The first kappa shape index (κ1) is 14.0. The van der Waals surface area contributed by atoms with Crippen molar-refractivity contribution in [2.75, 3.05) is 13.3 Å². The highest BCUT2D eigenvalue weighted by Gasteiger charge is 2.09. The van der Waals surface area contributed by atoms with Gasteiger partial charge in [-0.15, -0.1) is 11.8 Å². The van der Waals surface area contributed by atoms with Crippen molar-refractivity contribution in [3.8, 4) is 5.75 Å². The number of hydrogen-bond donors (Lipinski definition) is 1. The molecule has 0 spiro atoms. The van der Waals surface area contributed by atoms with Crippen molar-refractivity contribution in [3.05, 3.63) is 47.4 Å². The van der Waals surface area contributed by atoms with Crippen molar-refractivity contribution in [1.82, 2.24) is 5.32 Å². The maximum absolute atomic E-state index is 5.89. The molecule has 19 heavy (non-hydrogen) atoms. The molecule has 102 valence electrons. The molecule has 3 nitrogen and oxygen atoms in total. The first-order valence-corrected chi connectivity index (χ1v) is 7.45. The number of thioether (sulfide) groups is 1. The SMILES string of the molecule is CNCc1cc(COc2ccccc2SC)c(C)o1. The van der Waals surface area contributed by atoms with E-state index in [9.17, 15) is 0 Å². The molecule has 0 bridgehead atoms. The van der Waals surface area contributed by atoms with Crippen molar-refractivity contribution in [2.24, 2.45) is 0 Å². The smallest absolute Gasteiger partial charge is 0.133 e. The van der Waals surface area contributed by atoms with E-state index < -0.39 is 0 Å². The van der Waals surface area contributed by atoms with Gasteiger partial charge in [0.05, 0.1) is 6.54 Å². The maximum Gasteiger partial charge on any atom is 0.133 e. The van der Waals surface area contributed by atoms with Crippen LogP contribution in [0.2, 0.25) is 0 Å². The van der Waals surface area contributed by atoms with Crippen LogP contribution in [0.1, 0.15) is 17.1 Å². The fourth-order valence-corrected chi connectivity index (χ4v) is 2.43. The van der Waals surface area contributed by atoms with E-state index in [0.717, 1.165) is 34.3 Å². The molecule has 0 aliphatic heterocycles. The Morgan fingerprint density at radius 2 is 2.11 bits per heavy atom. The Balaban J connectivity index is 2.05. The van der Waals surface area contributed by atoms with Crippen LogP contribution in [-0.2, 0) is 13.2 Å². The molecule has 1 heterocycles. The number of aryl methyl sites for hydroxylation is 1. The van der Waals surface area contributed by atoms with Gasteiger partial charge in [-0.25, -0.2) is 0 Å². The monoisotopic (exact) mass is 277 g/mol. The van der Waals surface area contributed by atoms with Gasteiger partial charge >= 0.3 is 0 Å². The second-order valence-electron chi connectivity index (χ2n) is 4.26. The van der Waals surface area contributed by atoms with Crippen LogP contribution in [0, 0.1) is 6.92 Å². The van der Waals surface area contributed by atoms with E-state index in [2.05, 4.69) is 17.6 Å². The van der Waals surface area contributed by atoms with Gasteiger partial charge in [0.25, 0.3) is 0 Å². The quantitative estimate of drug-likeness (QED) is 0.818. The highest BCUT2D eigenvalue weighted by molar-refractivity contribution is 7.98. The van der Waals surface area contributed by atoms with Crippen LogP contribution in [0.4, 0.5) is 0 Å². The van der Waals surface area contributed by atoms with Crippen molar-refractivity contribution in [3.63, 3.8) is 0 Å². The summed E-state index contributed by atoms with van der Waals surface area (Å²) in [5, 5.41) is 3.08. The molecule has 2 rings (SSSR count). The van der Waals surface area contributed by atoms with Crippen molar-refractivity contribution in [1.29, 1.82) is 0 Å². The second-order valence-corrected chi connectivity index (χ2v) is 5.11. The average molecular weight is 277 g/mol. The zero-order valence-electron chi connectivity index (χ0n) is 11.5. The second kappa shape index (κ2) is 6.68. The lowest BCUT2D eigenvalue weighted by atomic mass is 10.2. The molecule has 1 aromatic carbocycles. The third-order valence-electron chi connectivity index (χ3n) is 2.87. The van der Waals surface area contributed by atoms with E-state index in [1.165, 1.54) is 0 Å². The molecule has 0 amide bonds. The zero-order chi connectivity index (χ0) is 13.7. The Morgan fingerprint density at radius 3 is 2.84 bits per heavy atom. The van der Waals surface area contributed by atoms with E-state index >= 15 is 0 Å². The molecule has 4 heteroatoms. The van der Waals surface area contributed by atoms with Gasteiger partial charge in [0, 0.05) is 10.5 Å². The van der Waals surface area contributed by atoms with Gasteiger partial charge in [0.2, 0.25) is 0 Å². The summed E-state index contributed by atoms with van der Waals surface area (Å²) in [5.41, 5.74) is 1.10. The number of para-hydroxylation sites is 1. The van der Waals surface area contributed by atoms with Crippen molar-refractivity contribution < 1.29 is 9.15 Å². The van der Waals surface area contributed by atoms with Gasteiger partial charge in [-0.2, -0.15) is 0 Å². The predicted octanol–water partition coefficient (Wildman–Crippen LogP) is 3.61.